The van der Waals surface area contributed by atoms with Gasteiger partial charge in [0.25, 0.3) is 5.91 Å². The molecule has 2 N–H and O–H groups in total. The lowest BCUT2D eigenvalue weighted by Crippen LogP contribution is -2.40. The van der Waals surface area contributed by atoms with Crippen molar-refractivity contribution >= 4 is 34.4 Å². The molecule has 0 bridgehead atoms. The summed E-state index contributed by atoms with van der Waals surface area (Å²) in [6, 6.07) is 26.2. The topological polar surface area (TPSA) is 90.3 Å². The molecule has 1 amide bonds. The summed E-state index contributed by atoms with van der Waals surface area (Å²) in [4.78, 5) is 18.5. The number of methoxy groups -OCH3 is 1. The highest BCUT2D eigenvalue weighted by atomic mass is 32.2. The third kappa shape index (κ3) is 9.83. The van der Waals surface area contributed by atoms with Crippen LogP contribution in [0.2, 0.25) is 0 Å². The predicted molar refractivity (Wildman–Crippen MR) is 193 cm³/mol. The second-order valence-electron chi connectivity index (χ2n) is 13.7. The van der Waals surface area contributed by atoms with Crippen LogP contribution >= 0.6 is 11.9 Å². The van der Waals surface area contributed by atoms with E-state index >= 15 is 0 Å². The van der Waals surface area contributed by atoms with Gasteiger partial charge in [0.2, 0.25) is 0 Å². The third-order valence-corrected chi connectivity index (χ3v) is 8.14. The quantitative estimate of drug-likeness (QED) is 0.132. The molecule has 47 heavy (non-hydrogen) atoms. The van der Waals surface area contributed by atoms with E-state index in [1.807, 2.05) is 74.1 Å². The van der Waals surface area contributed by atoms with Crippen LogP contribution in [0.15, 0.2) is 91.3 Å². The fourth-order valence-electron chi connectivity index (χ4n) is 5.19. The number of pyridine rings is 1. The zero-order valence-electron chi connectivity index (χ0n) is 28.3. The number of ether oxygens (including phenoxy) is 2. The molecule has 0 saturated carbocycles. The maximum Gasteiger partial charge on any atom is 0.270 e. The molecule has 0 spiro atoms. The SMILES string of the molecule is COCC(Cc1ccc(OC(C)(C)C)cc1)NC(=O)c1cc(NSC(C)(C)C)c2cc(-c3cccc(Cn4cccn4)c3)ccc2n1. The highest BCUT2D eigenvalue weighted by Gasteiger charge is 2.20. The first-order valence-electron chi connectivity index (χ1n) is 15.9. The summed E-state index contributed by atoms with van der Waals surface area (Å²) in [7, 11) is 1.64. The summed E-state index contributed by atoms with van der Waals surface area (Å²) in [5, 5.41) is 8.45. The van der Waals surface area contributed by atoms with E-state index in [1.54, 1.807) is 25.3 Å². The summed E-state index contributed by atoms with van der Waals surface area (Å²) >= 11 is 1.61. The van der Waals surface area contributed by atoms with Gasteiger partial charge in [0.15, 0.2) is 0 Å². The van der Waals surface area contributed by atoms with Gasteiger partial charge in [-0.05, 0) is 125 Å². The molecule has 0 aliphatic carbocycles. The summed E-state index contributed by atoms with van der Waals surface area (Å²) in [5.41, 5.74) is 6.07. The molecule has 0 radical (unpaired) electrons. The summed E-state index contributed by atoms with van der Waals surface area (Å²) in [6.45, 7) is 13.6. The van der Waals surface area contributed by atoms with Crippen LogP contribution in [0.3, 0.4) is 0 Å². The van der Waals surface area contributed by atoms with Crippen molar-refractivity contribution in [2.75, 3.05) is 18.4 Å². The Labute approximate surface area is 282 Å². The van der Waals surface area contributed by atoms with Crippen molar-refractivity contribution in [1.82, 2.24) is 20.1 Å². The molecule has 1 unspecified atom stereocenters. The van der Waals surface area contributed by atoms with Crippen LogP contribution in [-0.4, -0.2) is 50.8 Å². The Morgan fingerprint density at radius 3 is 2.36 bits per heavy atom. The summed E-state index contributed by atoms with van der Waals surface area (Å²) in [6.07, 6.45) is 4.36. The number of carbonyl (C=O) groups is 1. The first-order chi connectivity index (χ1) is 22.3. The molecule has 0 aliphatic rings. The lowest BCUT2D eigenvalue weighted by atomic mass is 10.0. The summed E-state index contributed by atoms with van der Waals surface area (Å²) < 4.78 is 16.8. The molecule has 2 aromatic heterocycles. The monoisotopic (exact) mass is 651 g/mol. The average molecular weight is 652 g/mol. The molecule has 1 atom stereocenters. The summed E-state index contributed by atoms with van der Waals surface area (Å²) in [5.74, 6) is 0.563. The predicted octanol–water partition coefficient (Wildman–Crippen LogP) is 8.17. The molecule has 8 nitrogen and oxygen atoms in total. The maximum atomic E-state index is 13.7. The molecule has 246 valence electrons. The number of hydrogen-bond acceptors (Lipinski definition) is 7. The Morgan fingerprint density at radius 2 is 1.68 bits per heavy atom. The third-order valence-electron chi connectivity index (χ3n) is 7.21. The van der Waals surface area contributed by atoms with Crippen molar-refractivity contribution in [3.63, 3.8) is 0 Å². The molecule has 2 heterocycles. The van der Waals surface area contributed by atoms with Crippen molar-refractivity contribution < 1.29 is 14.3 Å². The van der Waals surface area contributed by atoms with E-state index in [0.717, 1.165) is 44.6 Å². The number of benzene rings is 3. The first-order valence-corrected chi connectivity index (χ1v) is 16.7. The van der Waals surface area contributed by atoms with Gasteiger partial charge in [-0.3, -0.25) is 9.48 Å². The van der Waals surface area contributed by atoms with Crippen molar-refractivity contribution in [3.05, 3.63) is 108 Å². The maximum absolute atomic E-state index is 13.7. The first kappa shape index (κ1) is 34.0. The number of anilines is 1. The van der Waals surface area contributed by atoms with E-state index < -0.39 is 0 Å². The van der Waals surface area contributed by atoms with Gasteiger partial charge >= 0.3 is 0 Å². The van der Waals surface area contributed by atoms with Gasteiger partial charge < -0.3 is 19.5 Å². The zero-order valence-corrected chi connectivity index (χ0v) is 29.2. The van der Waals surface area contributed by atoms with Crippen LogP contribution < -0.4 is 14.8 Å². The molecular weight excluding hydrogens is 607 g/mol. The Kier molecular flexibility index (Phi) is 10.6. The average Bonchev–Trinajstić information content (AvgIpc) is 3.52. The van der Waals surface area contributed by atoms with Crippen molar-refractivity contribution in [3.8, 4) is 16.9 Å². The second kappa shape index (κ2) is 14.6. The van der Waals surface area contributed by atoms with E-state index in [-0.39, 0.29) is 22.3 Å². The number of fused-ring (bicyclic) bond motifs is 1. The Morgan fingerprint density at radius 1 is 0.915 bits per heavy atom. The Balaban J connectivity index is 1.40. The van der Waals surface area contributed by atoms with Crippen molar-refractivity contribution in [2.45, 2.75) is 70.9 Å². The van der Waals surface area contributed by atoms with Crippen molar-refractivity contribution in [2.24, 2.45) is 0 Å². The van der Waals surface area contributed by atoms with Crippen LogP contribution in [0.1, 0.15) is 63.2 Å². The van der Waals surface area contributed by atoms with Crippen molar-refractivity contribution in [1.29, 1.82) is 0 Å². The molecular formula is C38H45N5O3S. The van der Waals surface area contributed by atoms with Crippen LogP contribution in [0.5, 0.6) is 5.75 Å². The smallest absolute Gasteiger partial charge is 0.270 e. The minimum absolute atomic E-state index is 0.0481. The molecule has 5 aromatic rings. The number of hydrogen-bond donors (Lipinski definition) is 2. The minimum Gasteiger partial charge on any atom is -0.488 e. The van der Waals surface area contributed by atoms with E-state index in [0.29, 0.717) is 25.3 Å². The number of nitrogens with one attached hydrogen (secondary N) is 2. The Bertz CT molecular complexity index is 1790. The van der Waals surface area contributed by atoms with Crippen LogP contribution in [-0.2, 0) is 17.7 Å². The number of nitrogens with zero attached hydrogens (tertiary/aromatic N) is 3. The van der Waals surface area contributed by atoms with E-state index in [4.69, 9.17) is 14.5 Å². The van der Waals surface area contributed by atoms with Gasteiger partial charge in [0.1, 0.15) is 17.0 Å². The van der Waals surface area contributed by atoms with Gasteiger partial charge in [-0.1, -0.05) is 36.4 Å². The molecule has 0 aliphatic heterocycles. The largest absolute Gasteiger partial charge is 0.488 e. The van der Waals surface area contributed by atoms with Gasteiger partial charge in [0.05, 0.1) is 30.4 Å². The normalized spacial score (nSPS) is 12.6. The number of carbonyl (C=O) groups excluding carboxylic acids is 1. The van der Waals surface area contributed by atoms with Gasteiger partial charge in [-0.15, -0.1) is 0 Å². The van der Waals surface area contributed by atoms with Crippen LogP contribution in [0.25, 0.3) is 22.0 Å². The number of amides is 1. The van der Waals surface area contributed by atoms with Crippen LogP contribution in [0.4, 0.5) is 5.69 Å². The van der Waals surface area contributed by atoms with Crippen LogP contribution in [0, 0.1) is 0 Å². The number of rotatable bonds is 12. The minimum atomic E-state index is -0.270. The second-order valence-corrected chi connectivity index (χ2v) is 15.3. The lowest BCUT2D eigenvalue weighted by molar-refractivity contribution is 0.0892. The molecule has 0 saturated heterocycles. The van der Waals surface area contributed by atoms with E-state index in [2.05, 4.69) is 72.3 Å². The number of aromatic nitrogens is 3. The molecule has 9 heteroatoms. The van der Waals surface area contributed by atoms with Gasteiger partial charge in [-0.2, -0.15) is 5.10 Å². The fraction of sp³-hybridized carbons (Fsp3) is 0.342. The fourth-order valence-corrected chi connectivity index (χ4v) is 5.77. The lowest BCUT2D eigenvalue weighted by Gasteiger charge is -2.22. The molecule has 3 aromatic carbocycles. The Hall–Kier alpha value is -4.34. The van der Waals surface area contributed by atoms with Gasteiger partial charge in [-0.25, -0.2) is 4.98 Å². The molecule has 0 fully saturated rings. The highest BCUT2D eigenvalue weighted by Crippen LogP contribution is 2.33. The van der Waals surface area contributed by atoms with Gasteiger partial charge in [0, 0.05) is 29.6 Å². The zero-order chi connectivity index (χ0) is 33.6. The van der Waals surface area contributed by atoms with E-state index in [9.17, 15) is 4.79 Å². The molecule has 5 rings (SSSR count). The standard InChI is InChI=1S/C38H45N5O3S/c1-37(2,3)46-31-15-12-26(13-16-31)21-30(25-45-7)40-36(44)35-23-34(42-47-38(4,5)6)32-22-29(14-17-33(32)41-35)28-11-8-10-27(20-28)24-43-19-9-18-39-43/h8-20,22-23,30H,21,24-25H2,1-7H3,(H,40,44)(H,41,42). The highest BCUT2D eigenvalue weighted by molar-refractivity contribution is 8.01. The van der Waals surface area contributed by atoms with E-state index in [1.165, 1.54) is 0 Å².